The van der Waals surface area contributed by atoms with Crippen LogP contribution in [0.25, 0.3) is 45.6 Å². The molecule has 0 unspecified atom stereocenters. The van der Waals surface area contributed by atoms with Crippen LogP contribution in [-0.4, -0.2) is 29.9 Å². The minimum absolute atomic E-state index is 0.629. The van der Waals surface area contributed by atoms with Crippen LogP contribution in [0.1, 0.15) is 45.0 Å². The Labute approximate surface area is 324 Å². The number of aromatic nitrogens is 6. The Morgan fingerprint density at radius 1 is 0.214 bits per heavy atom. The number of pyridine rings is 6. The van der Waals surface area contributed by atoms with Gasteiger partial charge < -0.3 is 0 Å². The molecule has 16 bridgehead atoms. The van der Waals surface area contributed by atoms with Gasteiger partial charge in [0.05, 0.1) is 45.6 Å². The van der Waals surface area contributed by atoms with Crippen molar-refractivity contribution >= 4 is 0 Å². The molecule has 0 aliphatic carbocycles. The van der Waals surface area contributed by atoms with Crippen LogP contribution >= 0.6 is 0 Å². The highest BCUT2D eigenvalue weighted by molar-refractivity contribution is 5.65. The van der Waals surface area contributed by atoms with E-state index in [1.54, 1.807) is 0 Å². The first-order chi connectivity index (χ1) is 27.7. The zero-order valence-electron chi connectivity index (χ0n) is 29.7. The summed E-state index contributed by atoms with van der Waals surface area (Å²) in [5.41, 5.74) is 11.5. The largest absolute Gasteiger partial charge is 0.245 e. The molecule has 0 radical (unpaired) electrons. The van der Waals surface area contributed by atoms with E-state index in [1.807, 2.05) is 158 Å². The normalized spacial score (nSPS) is 10.9. The van der Waals surface area contributed by atoms with Crippen molar-refractivity contribution in [1.82, 2.24) is 29.9 Å². The molecule has 0 saturated heterocycles. The number of fused-ring (bicyclic) bond motifs is 20. The van der Waals surface area contributed by atoms with Gasteiger partial charge in [-0.05, 0) is 133 Å². The van der Waals surface area contributed by atoms with Crippen molar-refractivity contribution in [2.24, 2.45) is 0 Å². The van der Waals surface area contributed by atoms with Gasteiger partial charge in [-0.2, -0.15) is 0 Å². The SMILES string of the molecule is C1#Cc2cccc(n2)-c2cccc(n2)-c2cccc(n2)C#Cc2cccc(c2)C#Cc2cccc(n2)-c2cccc(n2)-c2cccc(n2)C#Cc2cccc1c2. The first-order valence-corrected chi connectivity index (χ1v) is 17.8. The highest BCUT2D eigenvalue weighted by Crippen LogP contribution is 2.23. The van der Waals surface area contributed by atoms with Crippen LogP contribution in [0.3, 0.4) is 0 Å². The predicted octanol–water partition coefficient (Wildman–Crippen LogP) is 8.64. The smallest absolute Gasteiger partial charge is 0.114 e. The van der Waals surface area contributed by atoms with Crippen molar-refractivity contribution < 1.29 is 0 Å². The summed E-state index contributed by atoms with van der Waals surface area (Å²) >= 11 is 0. The molecule has 256 valence electrons. The Bertz CT molecular complexity index is 2680. The lowest BCUT2D eigenvalue weighted by molar-refractivity contribution is 1.20. The average molecular weight is 711 g/mol. The lowest BCUT2D eigenvalue weighted by Gasteiger charge is -2.05. The zero-order valence-corrected chi connectivity index (χ0v) is 29.7. The second-order valence-electron chi connectivity index (χ2n) is 12.6. The molecule has 0 atom stereocenters. The van der Waals surface area contributed by atoms with Crippen molar-refractivity contribution in [2.45, 2.75) is 0 Å². The van der Waals surface area contributed by atoms with Gasteiger partial charge in [0.1, 0.15) is 22.8 Å². The molecule has 2 aromatic carbocycles. The van der Waals surface area contributed by atoms with Gasteiger partial charge in [0.25, 0.3) is 0 Å². The molecule has 0 amide bonds. The molecular weight excluding hydrogens is 685 g/mol. The molecular formula is C50H26N6. The van der Waals surface area contributed by atoms with Gasteiger partial charge in [-0.3, -0.25) is 0 Å². The molecule has 6 heteroatoms. The fourth-order valence-electron chi connectivity index (χ4n) is 5.92. The standard InChI is InChI=1S/C50H26N6/c1-9-35-25-29-39-13-3-17-43(51-39)47-21-7-23-49(55-47)45-19-5-15-41(53-45)31-27-37-11-2-12-38(34-37)28-32-42-16-6-20-46(54-42)50-24-8-22-48(56-50)44-18-4-14-40(52-44)30-26-36(10-1)33-35/h1-24,33-34H. The van der Waals surface area contributed by atoms with Crippen molar-refractivity contribution in [2.75, 3.05) is 0 Å². The van der Waals surface area contributed by atoms with Crippen LogP contribution in [0.15, 0.2) is 158 Å². The lowest BCUT2D eigenvalue weighted by Crippen LogP contribution is -1.94. The van der Waals surface area contributed by atoms with E-state index in [-0.39, 0.29) is 0 Å². The lowest BCUT2D eigenvalue weighted by atomic mass is 10.1. The van der Waals surface area contributed by atoms with Gasteiger partial charge >= 0.3 is 0 Å². The molecule has 0 saturated carbocycles. The van der Waals surface area contributed by atoms with Gasteiger partial charge in [-0.15, -0.1) is 0 Å². The van der Waals surface area contributed by atoms with E-state index in [0.29, 0.717) is 68.3 Å². The van der Waals surface area contributed by atoms with Crippen LogP contribution in [0.5, 0.6) is 0 Å². The van der Waals surface area contributed by atoms with Crippen molar-refractivity contribution in [3.05, 3.63) is 203 Å². The van der Waals surface area contributed by atoms with Gasteiger partial charge in [0.15, 0.2) is 0 Å². The summed E-state index contributed by atoms with van der Waals surface area (Å²) in [5.74, 6) is 25.8. The van der Waals surface area contributed by atoms with E-state index in [0.717, 1.165) is 22.3 Å². The van der Waals surface area contributed by atoms with E-state index in [9.17, 15) is 0 Å². The minimum Gasteiger partial charge on any atom is -0.245 e. The van der Waals surface area contributed by atoms with Gasteiger partial charge in [-0.25, -0.2) is 29.9 Å². The van der Waals surface area contributed by atoms with Gasteiger partial charge in [-0.1, -0.05) is 72.2 Å². The van der Waals surface area contributed by atoms with E-state index in [1.165, 1.54) is 0 Å². The fourth-order valence-corrected chi connectivity index (χ4v) is 5.92. The maximum atomic E-state index is 4.91. The number of hydrogen-bond donors (Lipinski definition) is 0. The molecule has 0 N–H and O–H groups in total. The van der Waals surface area contributed by atoms with Crippen LogP contribution in [-0.2, 0) is 0 Å². The highest BCUT2D eigenvalue weighted by atomic mass is 14.8. The monoisotopic (exact) mass is 710 g/mol. The first kappa shape index (κ1) is 33.4. The summed E-state index contributed by atoms with van der Waals surface area (Å²) in [6.45, 7) is 0. The molecule has 9 rings (SSSR count). The van der Waals surface area contributed by atoms with Crippen LogP contribution in [0, 0.1) is 47.4 Å². The summed E-state index contributed by atoms with van der Waals surface area (Å²) < 4.78 is 0. The molecule has 1 aliphatic rings. The summed E-state index contributed by atoms with van der Waals surface area (Å²) in [5, 5.41) is 0. The number of hydrogen-bond acceptors (Lipinski definition) is 6. The van der Waals surface area contributed by atoms with Gasteiger partial charge in [0, 0.05) is 22.3 Å². The van der Waals surface area contributed by atoms with E-state index in [4.69, 9.17) is 29.9 Å². The van der Waals surface area contributed by atoms with Crippen LogP contribution in [0.2, 0.25) is 0 Å². The summed E-state index contributed by atoms with van der Waals surface area (Å²) in [4.78, 5) is 29.1. The fraction of sp³-hybridized carbons (Fsp3) is 0. The molecule has 1 aliphatic heterocycles. The molecule has 6 aromatic heterocycles. The Balaban J connectivity index is 1.12. The summed E-state index contributed by atoms with van der Waals surface area (Å²) in [7, 11) is 0. The summed E-state index contributed by atoms with van der Waals surface area (Å²) in [6, 6.07) is 50.3. The number of nitrogens with zero attached hydrogens (tertiary/aromatic N) is 6. The molecule has 0 spiro atoms. The molecule has 7 heterocycles. The summed E-state index contributed by atoms with van der Waals surface area (Å²) in [6.07, 6.45) is 0. The second kappa shape index (κ2) is 15.3. The third-order valence-electron chi connectivity index (χ3n) is 8.61. The van der Waals surface area contributed by atoms with Crippen molar-refractivity contribution in [3.63, 3.8) is 0 Å². The van der Waals surface area contributed by atoms with E-state index < -0.39 is 0 Å². The van der Waals surface area contributed by atoms with Crippen LogP contribution < -0.4 is 0 Å². The van der Waals surface area contributed by atoms with E-state index >= 15 is 0 Å². The molecule has 0 fully saturated rings. The quantitative estimate of drug-likeness (QED) is 0.147. The first-order valence-electron chi connectivity index (χ1n) is 17.8. The Kier molecular flexibility index (Phi) is 9.12. The maximum Gasteiger partial charge on any atom is 0.114 e. The third-order valence-corrected chi connectivity index (χ3v) is 8.61. The average Bonchev–Trinajstić information content (AvgIpc) is 3.27. The predicted molar refractivity (Wildman–Crippen MR) is 218 cm³/mol. The van der Waals surface area contributed by atoms with E-state index in [2.05, 4.69) is 47.4 Å². The number of rotatable bonds is 0. The Hall–Kier alpha value is -8.42. The van der Waals surface area contributed by atoms with Crippen molar-refractivity contribution in [3.8, 4) is 92.9 Å². The van der Waals surface area contributed by atoms with Crippen molar-refractivity contribution in [1.29, 1.82) is 0 Å². The maximum absolute atomic E-state index is 4.91. The highest BCUT2D eigenvalue weighted by Gasteiger charge is 2.09. The topological polar surface area (TPSA) is 77.3 Å². The third kappa shape index (κ3) is 7.83. The molecule has 6 nitrogen and oxygen atoms in total. The second-order valence-corrected chi connectivity index (χ2v) is 12.6. The minimum atomic E-state index is 0.629. The Morgan fingerprint density at radius 3 is 0.696 bits per heavy atom. The molecule has 56 heavy (non-hydrogen) atoms. The van der Waals surface area contributed by atoms with Crippen LogP contribution in [0.4, 0.5) is 0 Å². The molecule has 8 aromatic rings. The Morgan fingerprint density at radius 2 is 0.429 bits per heavy atom. The van der Waals surface area contributed by atoms with Gasteiger partial charge in [0.2, 0.25) is 0 Å². The zero-order chi connectivity index (χ0) is 37.5. The number of benzene rings is 2.